The largest absolute Gasteiger partial charge is 0.389 e. The summed E-state index contributed by atoms with van der Waals surface area (Å²) in [5.74, 6) is -0.295. The zero-order valence-corrected chi connectivity index (χ0v) is 12.9. The van der Waals surface area contributed by atoms with Crippen molar-refractivity contribution in [3.8, 4) is 0 Å². The molecule has 5 heteroatoms. The minimum absolute atomic E-state index is 0.258. The molecule has 3 nitrogen and oxygen atoms in total. The zero-order valence-electron chi connectivity index (χ0n) is 12.1. The van der Waals surface area contributed by atoms with Crippen molar-refractivity contribution < 1.29 is 4.39 Å². The monoisotopic (exact) mass is 295 g/mol. The Kier molecular flexibility index (Phi) is 5.07. The zero-order chi connectivity index (χ0) is 14.7. The molecule has 1 atom stereocenters. The number of benzene rings is 1. The van der Waals surface area contributed by atoms with Gasteiger partial charge in [0.15, 0.2) is 0 Å². The van der Waals surface area contributed by atoms with Gasteiger partial charge in [0.2, 0.25) is 0 Å². The highest BCUT2D eigenvalue weighted by Crippen LogP contribution is 2.18. The lowest BCUT2D eigenvalue weighted by Gasteiger charge is -2.36. The summed E-state index contributed by atoms with van der Waals surface area (Å²) in [6.07, 6.45) is 2.42. The van der Waals surface area contributed by atoms with Crippen LogP contribution in [0.3, 0.4) is 0 Å². The topological polar surface area (TPSA) is 32.5 Å². The smallest absolute Gasteiger partial charge is 0.123 e. The fourth-order valence-corrected chi connectivity index (χ4v) is 3.00. The van der Waals surface area contributed by atoms with Gasteiger partial charge in [0.1, 0.15) is 10.8 Å². The van der Waals surface area contributed by atoms with Crippen molar-refractivity contribution in [1.82, 2.24) is 9.80 Å². The van der Waals surface area contributed by atoms with E-state index in [1.165, 1.54) is 31.5 Å². The van der Waals surface area contributed by atoms with E-state index < -0.39 is 0 Å². The minimum atomic E-state index is -0.295. The van der Waals surface area contributed by atoms with Gasteiger partial charge in [0.25, 0.3) is 0 Å². The summed E-state index contributed by atoms with van der Waals surface area (Å²) in [6, 6.07) is 5.21. The first-order valence-corrected chi connectivity index (χ1v) is 7.35. The molecule has 110 valence electrons. The first kappa shape index (κ1) is 15.4. The molecule has 2 N–H and O–H groups in total. The number of rotatable bonds is 4. The van der Waals surface area contributed by atoms with Crippen LogP contribution in [-0.2, 0) is 6.54 Å². The first-order chi connectivity index (χ1) is 9.47. The van der Waals surface area contributed by atoms with E-state index >= 15 is 0 Å². The minimum Gasteiger partial charge on any atom is -0.389 e. The first-order valence-electron chi connectivity index (χ1n) is 6.94. The maximum Gasteiger partial charge on any atom is 0.123 e. The summed E-state index contributed by atoms with van der Waals surface area (Å²) < 4.78 is 13.3. The molecule has 1 aliphatic heterocycles. The van der Waals surface area contributed by atoms with Gasteiger partial charge in [-0.15, -0.1) is 0 Å². The molecular formula is C15H22FN3S. The van der Waals surface area contributed by atoms with E-state index in [0.717, 1.165) is 18.7 Å². The molecule has 1 unspecified atom stereocenters. The molecule has 1 fully saturated rings. The van der Waals surface area contributed by atoms with Crippen LogP contribution in [0.2, 0.25) is 0 Å². The molecule has 0 spiro atoms. The van der Waals surface area contributed by atoms with Gasteiger partial charge >= 0.3 is 0 Å². The molecule has 20 heavy (non-hydrogen) atoms. The van der Waals surface area contributed by atoms with Gasteiger partial charge in [-0.3, -0.25) is 4.90 Å². The van der Waals surface area contributed by atoms with Gasteiger partial charge in [-0.1, -0.05) is 18.3 Å². The Hall–Kier alpha value is -1.04. The van der Waals surface area contributed by atoms with Crippen LogP contribution >= 0.6 is 12.2 Å². The normalized spacial score (nSPS) is 20.3. The number of halogens is 1. The Morgan fingerprint density at radius 3 is 2.95 bits per heavy atom. The number of nitrogens with zero attached hydrogens (tertiary/aromatic N) is 2. The average molecular weight is 295 g/mol. The lowest BCUT2D eigenvalue weighted by atomic mass is 10.0. The lowest BCUT2D eigenvalue weighted by Crippen LogP contribution is -2.44. The molecule has 0 amide bonds. The molecule has 0 aliphatic carbocycles. The van der Waals surface area contributed by atoms with Crippen molar-refractivity contribution in [3.63, 3.8) is 0 Å². The fourth-order valence-electron chi connectivity index (χ4n) is 2.81. The van der Waals surface area contributed by atoms with Crippen LogP contribution < -0.4 is 5.73 Å². The molecule has 0 radical (unpaired) electrons. The van der Waals surface area contributed by atoms with Crippen LogP contribution in [0, 0.1) is 5.82 Å². The SMILES string of the molecule is CN1CCCC(N(C)Cc2ccc(F)cc2C(N)=S)C1. The van der Waals surface area contributed by atoms with Crippen molar-refractivity contribution in [2.24, 2.45) is 5.73 Å². The van der Waals surface area contributed by atoms with E-state index in [9.17, 15) is 4.39 Å². The van der Waals surface area contributed by atoms with Gasteiger partial charge in [0.05, 0.1) is 0 Å². The van der Waals surface area contributed by atoms with Gasteiger partial charge in [0, 0.05) is 24.7 Å². The molecule has 0 bridgehead atoms. The average Bonchev–Trinajstić information content (AvgIpc) is 2.40. The van der Waals surface area contributed by atoms with Crippen LogP contribution in [0.25, 0.3) is 0 Å². The van der Waals surface area contributed by atoms with E-state index in [1.54, 1.807) is 6.07 Å². The van der Waals surface area contributed by atoms with Gasteiger partial charge in [-0.05, 0) is 51.2 Å². The number of piperidine rings is 1. The molecule has 1 aromatic carbocycles. The Bertz CT molecular complexity index is 492. The Morgan fingerprint density at radius 1 is 1.55 bits per heavy atom. The number of hydrogen-bond donors (Lipinski definition) is 1. The van der Waals surface area contributed by atoms with Crippen LogP contribution in [0.4, 0.5) is 4.39 Å². The maximum atomic E-state index is 13.3. The highest BCUT2D eigenvalue weighted by atomic mass is 32.1. The third kappa shape index (κ3) is 3.75. The number of likely N-dealkylation sites (tertiary alicyclic amines) is 1. The quantitative estimate of drug-likeness (QED) is 0.861. The maximum absolute atomic E-state index is 13.3. The number of hydrogen-bond acceptors (Lipinski definition) is 3. The highest BCUT2D eigenvalue weighted by molar-refractivity contribution is 7.80. The van der Waals surface area contributed by atoms with Gasteiger partial charge in [-0.2, -0.15) is 0 Å². The third-order valence-electron chi connectivity index (χ3n) is 3.98. The predicted molar refractivity (Wildman–Crippen MR) is 84.3 cm³/mol. The summed E-state index contributed by atoms with van der Waals surface area (Å²) in [5.41, 5.74) is 7.34. The number of nitrogens with two attached hydrogens (primary N) is 1. The summed E-state index contributed by atoms with van der Waals surface area (Å²) in [7, 11) is 4.26. The van der Waals surface area contributed by atoms with Crippen molar-refractivity contribution in [2.45, 2.75) is 25.4 Å². The van der Waals surface area contributed by atoms with Gasteiger partial charge in [-0.25, -0.2) is 4.39 Å². The molecule has 0 saturated carbocycles. The van der Waals surface area contributed by atoms with E-state index in [0.29, 0.717) is 11.6 Å². The molecule has 2 rings (SSSR count). The van der Waals surface area contributed by atoms with E-state index in [2.05, 4.69) is 23.9 Å². The van der Waals surface area contributed by atoms with E-state index in [4.69, 9.17) is 18.0 Å². The van der Waals surface area contributed by atoms with Crippen molar-refractivity contribution in [1.29, 1.82) is 0 Å². The predicted octanol–water partition coefficient (Wildman–Crippen LogP) is 1.99. The summed E-state index contributed by atoms with van der Waals surface area (Å²) in [4.78, 5) is 4.92. The number of likely N-dealkylation sites (N-methyl/N-ethyl adjacent to an activating group) is 2. The summed E-state index contributed by atoms with van der Waals surface area (Å²) in [5, 5.41) is 0. The molecule has 1 saturated heterocycles. The van der Waals surface area contributed by atoms with Crippen LogP contribution in [0.15, 0.2) is 18.2 Å². The van der Waals surface area contributed by atoms with Crippen LogP contribution in [0.1, 0.15) is 24.0 Å². The molecule has 1 aliphatic rings. The molecule has 1 heterocycles. The lowest BCUT2D eigenvalue weighted by molar-refractivity contribution is 0.129. The highest BCUT2D eigenvalue weighted by Gasteiger charge is 2.21. The standard InChI is InChI=1S/C15H22FN3S/c1-18-7-3-4-13(10-18)19(2)9-11-5-6-12(16)8-14(11)15(17)20/h5-6,8,13H,3-4,7,9-10H2,1-2H3,(H2,17,20). The molecular weight excluding hydrogens is 273 g/mol. The summed E-state index contributed by atoms with van der Waals surface area (Å²) >= 11 is 5.02. The summed E-state index contributed by atoms with van der Waals surface area (Å²) in [6.45, 7) is 2.98. The second-order valence-electron chi connectivity index (χ2n) is 5.64. The Balaban J connectivity index is 2.11. The second kappa shape index (κ2) is 6.61. The van der Waals surface area contributed by atoms with Crippen LogP contribution in [-0.4, -0.2) is 48.0 Å². The van der Waals surface area contributed by atoms with E-state index in [-0.39, 0.29) is 10.8 Å². The second-order valence-corrected chi connectivity index (χ2v) is 6.08. The number of thiocarbonyl (C=S) groups is 1. The Morgan fingerprint density at radius 2 is 2.30 bits per heavy atom. The van der Waals surface area contributed by atoms with Crippen molar-refractivity contribution in [2.75, 3.05) is 27.2 Å². The Labute approximate surface area is 125 Å². The molecule has 0 aromatic heterocycles. The van der Waals surface area contributed by atoms with E-state index in [1.807, 2.05) is 0 Å². The van der Waals surface area contributed by atoms with Gasteiger partial charge < -0.3 is 10.6 Å². The van der Waals surface area contributed by atoms with Crippen molar-refractivity contribution in [3.05, 3.63) is 35.1 Å². The van der Waals surface area contributed by atoms with Crippen LogP contribution in [0.5, 0.6) is 0 Å². The fraction of sp³-hybridized carbons (Fsp3) is 0.533. The third-order valence-corrected chi connectivity index (χ3v) is 4.20. The molecule has 1 aromatic rings. The van der Waals surface area contributed by atoms with Crippen molar-refractivity contribution >= 4 is 17.2 Å².